The molecule has 0 aromatic heterocycles. The number of ether oxygens (including phenoxy) is 1. The Morgan fingerprint density at radius 1 is 1.05 bits per heavy atom. The van der Waals surface area contributed by atoms with Crippen LogP contribution in [0.15, 0.2) is 24.3 Å². The molecule has 0 aliphatic heterocycles. The predicted octanol–water partition coefficient (Wildman–Crippen LogP) is 3.60. The first-order valence-electron chi connectivity index (χ1n) is 5.26. The van der Waals surface area contributed by atoms with E-state index in [1.54, 1.807) is 24.3 Å². The second-order valence-electron chi connectivity index (χ2n) is 3.67. The molecule has 0 atom stereocenters. The molecule has 19 heavy (non-hydrogen) atoms. The second-order valence-corrected chi connectivity index (χ2v) is 4.10. The van der Waals surface area contributed by atoms with E-state index in [-0.39, 0.29) is 6.54 Å². The predicted molar refractivity (Wildman–Crippen MR) is 60.1 cm³/mol. The van der Waals surface area contributed by atoms with Crippen LogP contribution in [-0.2, 0) is 11.3 Å². The lowest BCUT2D eigenvalue weighted by Gasteiger charge is -2.19. The Hall–Kier alpha value is -0.920. The molecule has 1 N–H and O–H groups in total. The Balaban J connectivity index is 2.23. The summed E-state index contributed by atoms with van der Waals surface area (Å²) in [4.78, 5) is 0. The maximum absolute atomic E-state index is 12.3. The number of halogens is 6. The molecule has 1 aromatic carbocycles. The van der Waals surface area contributed by atoms with Crippen molar-refractivity contribution in [3.63, 3.8) is 0 Å². The van der Waals surface area contributed by atoms with Crippen LogP contribution >= 0.6 is 11.6 Å². The highest BCUT2D eigenvalue weighted by Gasteiger charge is 2.59. The van der Waals surface area contributed by atoms with Gasteiger partial charge in [-0.15, -0.1) is 0 Å². The van der Waals surface area contributed by atoms with Gasteiger partial charge in [0.2, 0.25) is 0 Å². The molecule has 0 saturated carbocycles. The van der Waals surface area contributed by atoms with Crippen LogP contribution in [0.5, 0.6) is 0 Å². The fourth-order valence-electron chi connectivity index (χ4n) is 1.17. The van der Waals surface area contributed by atoms with Crippen molar-refractivity contribution >= 4 is 11.6 Å². The van der Waals surface area contributed by atoms with Crippen LogP contribution in [0.1, 0.15) is 5.56 Å². The highest BCUT2D eigenvalue weighted by molar-refractivity contribution is 6.30. The van der Waals surface area contributed by atoms with Crippen molar-refractivity contribution in [3.05, 3.63) is 34.9 Å². The first kappa shape index (κ1) is 16.1. The van der Waals surface area contributed by atoms with E-state index in [4.69, 9.17) is 11.6 Å². The van der Waals surface area contributed by atoms with E-state index >= 15 is 0 Å². The van der Waals surface area contributed by atoms with Crippen LogP contribution in [-0.4, -0.2) is 25.4 Å². The zero-order chi connectivity index (χ0) is 14.5. The highest BCUT2D eigenvalue weighted by atomic mass is 35.5. The summed E-state index contributed by atoms with van der Waals surface area (Å²) < 4.78 is 63.4. The van der Waals surface area contributed by atoms with Gasteiger partial charge in [0.25, 0.3) is 0 Å². The molecule has 0 heterocycles. The Morgan fingerprint density at radius 2 is 1.63 bits per heavy atom. The fraction of sp³-hybridized carbons (Fsp3) is 0.455. The van der Waals surface area contributed by atoms with E-state index < -0.39 is 18.9 Å². The summed E-state index contributed by atoms with van der Waals surface area (Å²) in [5.41, 5.74) is 0.826. The molecular weight excluding hydrogens is 293 g/mol. The van der Waals surface area contributed by atoms with Crippen molar-refractivity contribution < 1.29 is 26.7 Å². The Bertz CT molecular complexity index is 393. The standard InChI is InChI=1S/C11H11ClF5NO/c12-9-3-1-8(2-4-9)7-18-5-6-19-11(16,17)10(13,14)15/h1-4,18H,5-7H2. The minimum Gasteiger partial charge on any atom is -0.312 e. The molecule has 0 amide bonds. The summed E-state index contributed by atoms with van der Waals surface area (Å²) in [7, 11) is 0. The van der Waals surface area contributed by atoms with Crippen molar-refractivity contribution in [2.75, 3.05) is 13.2 Å². The molecule has 0 unspecified atom stereocenters. The molecule has 0 spiro atoms. The van der Waals surface area contributed by atoms with Crippen LogP contribution in [0.2, 0.25) is 5.02 Å². The molecule has 0 radical (unpaired) electrons. The van der Waals surface area contributed by atoms with E-state index in [0.29, 0.717) is 11.6 Å². The number of alkyl halides is 5. The molecule has 0 aliphatic carbocycles. The van der Waals surface area contributed by atoms with Gasteiger partial charge >= 0.3 is 12.3 Å². The molecular formula is C11H11ClF5NO. The van der Waals surface area contributed by atoms with Gasteiger partial charge in [0.15, 0.2) is 0 Å². The van der Waals surface area contributed by atoms with Gasteiger partial charge in [0.05, 0.1) is 6.61 Å². The van der Waals surface area contributed by atoms with Crippen LogP contribution in [0.4, 0.5) is 22.0 Å². The third kappa shape index (κ3) is 5.30. The summed E-state index contributed by atoms with van der Waals surface area (Å²) in [5.74, 6) is 0. The van der Waals surface area contributed by atoms with E-state index in [2.05, 4.69) is 10.1 Å². The maximum Gasteiger partial charge on any atom is 0.482 e. The third-order valence-electron chi connectivity index (χ3n) is 2.13. The van der Waals surface area contributed by atoms with Crippen molar-refractivity contribution in [1.82, 2.24) is 5.32 Å². The average Bonchev–Trinajstić information content (AvgIpc) is 2.29. The summed E-state index contributed by atoms with van der Waals surface area (Å²) in [6.07, 6.45) is -10.8. The lowest BCUT2D eigenvalue weighted by Crippen LogP contribution is -2.40. The fourth-order valence-corrected chi connectivity index (χ4v) is 1.29. The smallest absolute Gasteiger partial charge is 0.312 e. The summed E-state index contributed by atoms with van der Waals surface area (Å²) in [6.45, 7) is -0.563. The Labute approximate surface area is 111 Å². The molecule has 0 fully saturated rings. The minimum absolute atomic E-state index is 0.131. The number of benzene rings is 1. The normalized spacial score (nSPS) is 12.7. The molecule has 0 bridgehead atoms. The molecule has 108 valence electrons. The molecule has 1 rings (SSSR count). The summed E-state index contributed by atoms with van der Waals surface area (Å²) >= 11 is 5.66. The van der Waals surface area contributed by atoms with Gasteiger partial charge in [-0.1, -0.05) is 23.7 Å². The molecule has 2 nitrogen and oxygen atoms in total. The van der Waals surface area contributed by atoms with E-state index in [1.165, 1.54) is 0 Å². The van der Waals surface area contributed by atoms with Crippen LogP contribution in [0, 0.1) is 0 Å². The number of nitrogens with one attached hydrogen (secondary N) is 1. The lowest BCUT2D eigenvalue weighted by molar-refractivity contribution is -0.390. The lowest BCUT2D eigenvalue weighted by atomic mass is 10.2. The van der Waals surface area contributed by atoms with Gasteiger partial charge in [0, 0.05) is 18.1 Å². The Morgan fingerprint density at radius 3 is 2.16 bits per heavy atom. The van der Waals surface area contributed by atoms with Gasteiger partial charge in [-0.2, -0.15) is 22.0 Å². The van der Waals surface area contributed by atoms with Crippen molar-refractivity contribution in [2.45, 2.75) is 18.8 Å². The van der Waals surface area contributed by atoms with Crippen molar-refractivity contribution in [3.8, 4) is 0 Å². The second kappa shape index (κ2) is 6.49. The monoisotopic (exact) mass is 303 g/mol. The first-order chi connectivity index (χ1) is 8.72. The zero-order valence-corrected chi connectivity index (χ0v) is 10.4. The van der Waals surface area contributed by atoms with Crippen molar-refractivity contribution in [1.29, 1.82) is 0 Å². The first-order valence-corrected chi connectivity index (χ1v) is 5.64. The number of rotatable bonds is 6. The topological polar surface area (TPSA) is 21.3 Å². The van der Waals surface area contributed by atoms with E-state index in [0.717, 1.165) is 5.56 Å². The quantitative estimate of drug-likeness (QED) is 0.640. The zero-order valence-electron chi connectivity index (χ0n) is 9.61. The molecule has 8 heteroatoms. The Kier molecular flexibility index (Phi) is 5.51. The van der Waals surface area contributed by atoms with Crippen LogP contribution in [0.3, 0.4) is 0 Å². The largest absolute Gasteiger partial charge is 0.482 e. The van der Waals surface area contributed by atoms with Gasteiger partial charge in [-0.3, -0.25) is 0 Å². The molecule has 0 aliphatic rings. The van der Waals surface area contributed by atoms with Gasteiger partial charge in [0.1, 0.15) is 0 Å². The number of hydrogen-bond acceptors (Lipinski definition) is 2. The van der Waals surface area contributed by atoms with Gasteiger partial charge in [-0.05, 0) is 17.7 Å². The minimum atomic E-state index is -5.69. The average molecular weight is 304 g/mol. The maximum atomic E-state index is 12.3. The third-order valence-corrected chi connectivity index (χ3v) is 2.39. The van der Waals surface area contributed by atoms with Crippen LogP contribution < -0.4 is 5.32 Å². The SMILES string of the molecule is FC(F)(F)C(F)(F)OCCNCc1ccc(Cl)cc1. The van der Waals surface area contributed by atoms with E-state index in [1.807, 2.05) is 0 Å². The van der Waals surface area contributed by atoms with Gasteiger partial charge < -0.3 is 10.1 Å². The summed E-state index contributed by atoms with van der Waals surface area (Å²) in [5, 5.41) is 3.23. The summed E-state index contributed by atoms with van der Waals surface area (Å²) in [6, 6.07) is 6.71. The van der Waals surface area contributed by atoms with E-state index in [9.17, 15) is 22.0 Å². The van der Waals surface area contributed by atoms with Crippen LogP contribution in [0.25, 0.3) is 0 Å². The highest BCUT2D eigenvalue weighted by Crippen LogP contribution is 2.35. The molecule has 1 aromatic rings. The van der Waals surface area contributed by atoms with Gasteiger partial charge in [-0.25, -0.2) is 0 Å². The number of hydrogen-bond donors (Lipinski definition) is 1. The van der Waals surface area contributed by atoms with Crippen molar-refractivity contribution in [2.24, 2.45) is 0 Å². The molecule has 0 saturated heterocycles.